The molecule has 0 radical (unpaired) electrons. The van der Waals surface area contributed by atoms with Gasteiger partial charge in [-0.3, -0.25) is 4.90 Å². The van der Waals surface area contributed by atoms with Crippen molar-refractivity contribution in [1.29, 1.82) is 5.26 Å². The van der Waals surface area contributed by atoms with E-state index in [2.05, 4.69) is 30.4 Å². The molecule has 1 saturated heterocycles. The number of nitrogens with zero attached hydrogens (tertiary/aromatic N) is 6. The Morgan fingerprint density at radius 1 is 1.19 bits per heavy atom. The topological polar surface area (TPSA) is 61.0 Å². The van der Waals surface area contributed by atoms with E-state index in [1.165, 1.54) is 0 Å². The Kier molecular flexibility index (Phi) is 3.84. The third-order valence-corrected chi connectivity index (χ3v) is 3.86. The normalized spacial score (nSPS) is 15.9. The third kappa shape index (κ3) is 2.88. The molecule has 0 unspecified atom stereocenters. The molecular weight excluding hydrogens is 264 g/mol. The summed E-state index contributed by atoms with van der Waals surface area (Å²) < 4.78 is 2.05. The van der Waals surface area contributed by atoms with E-state index in [1.54, 1.807) is 12.3 Å². The summed E-state index contributed by atoms with van der Waals surface area (Å²) in [7, 11) is 2.02. The second kappa shape index (κ2) is 5.94. The van der Waals surface area contributed by atoms with Gasteiger partial charge in [-0.15, -0.1) is 0 Å². The number of anilines is 1. The van der Waals surface area contributed by atoms with Gasteiger partial charge in [-0.25, -0.2) is 9.97 Å². The molecule has 3 rings (SSSR count). The van der Waals surface area contributed by atoms with E-state index in [1.807, 2.05) is 25.5 Å². The fourth-order valence-corrected chi connectivity index (χ4v) is 2.60. The van der Waals surface area contributed by atoms with Crippen LogP contribution in [-0.4, -0.2) is 45.6 Å². The van der Waals surface area contributed by atoms with Crippen LogP contribution in [0.1, 0.15) is 11.4 Å². The van der Waals surface area contributed by atoms with Crippen molar-refractivity contribution < 1.29 is 0 Å². The lowest BCUT2D eigenvalue weighted by Gasteiger charge is -2.35. The number of hydrogen-bond acceptors (Lipinski definition) is 5. The lowest BCUT2D eigenvalue weighted by atomic mass is 10.2. The van der Waals surface area contributed by atoms with Crippen LogP contribution in [0, 0.1) is 11.3 Å². The quantitative estimate of drug-likeness (QED) is 0.841. The molecule has 0 amide bonds. The van der Waals surface area contributed by atoms with Crippen molar-refractivity contribution in [3.05, 3.63) is 42.1 Å². The Balaban J connectivity index is 1.63. The Hall–Kier alpha value is -2.39. The number of nitriles is 1. The van der Waals surface area contributed by atoms with E-state index in [0.29, 0.717) is 5.56 Å². The molecule has 0 saturated carbocycles. The first kappa shape index (κ1) is 13.6. The molecular formula is C15H18N6. The van der Waals surface area contributed by atoms with Gasteiger partial charge in [0.2, 0.25) is 0 Å². The minimum absolute atomic E-state index is 0.648. The molecule has 1 aliphatic heterocycles. The van der Waals surface area contributed by atoms with E-state index < -0.39 is 0 Å². The Morgan fingerprint density at radius 2 is 2.00 bits per heavy atom. The molecule has 0 bridgehead atoms. The SMILES string of the molecule is Cn1ccnc1CN1CCN(c2ncccc2C#N)CC1. The van der Waals surface area contributed by atoms with E-state index in [0.717, 1.165) is 44.4 Å². The van der Waals surface area contributed by atoms with Crippen molar-refractivity contribution in [1.82, 2.24) is 19.4 Å². The van der Waals surface area contributed by atoms with Gasteiger partial charge in [0.05, 0.1) is 12.1 Å². The molecule has 2 aromatic rings. The van der Waals surface area contributed by atoms with Crippen molar-refractivity contribution >= 4 is 5.82 Å². The average Bonchev–Trinajstić information content (AvgIpc) is 2.93. The van der Waals surface area contributed by atoms with Crippen LogP contribution in [0.3, 0.4) is 0 Å². The predicted molar refractivity (Wildman–Crippen MR) is 79.7 cm³/mol. The van der Waals surface area contributed by atoms with Gasteiger partial charge in [-0.2, -0.15) is 5.26 Å². The fourth-order valence-electron chi connectivity index (χ4n) is 2.60. The average molecular weight is 282 g/mol. The number of piperazine rings is 1. The van der Waals surface area contributed by atoms with Crippen LogP contribution in [0.15, 0.2) is 30.7 Å². The third-order valence-electron chi connectivity index (χ3n) is 3.86. The van der Waals surface area contributed by atoms with Gasteiger partial charge >= 0.3 is 0 Å². The van der Waals surface area contributed by atoms with Gasteiger partial charge in [0, 0.05) is 51.8 Å². The summed E-state index contributed by atoms with van der Waals surface area (Å²) in [6.45, 7) is 4.54. The van der Waals surface area contributed by atoms with Crippen LogP contribution in [0.5, 0.6) is 0 Å². The molecule has 0 atom stereocenters. The maximum absolute atomic E-state index is 9.16. The van der Waals surface area contributed by atoms with E-state index in [-0.39, 0.29) is 0 Å². The van der Waals surface area contributed by atoms with Gasteiger partial charge in [0.25, 0.3) is 0 Å². The highest BCUT2D eigenvalue weighted by Gasteiger charge is 2.20. The molecule has 108 valence electrons. The number of imidazole rings is 1. The Bertz CT molecular complexity index is 648. The van der Waals surface area contributed by atoms with Crippen molar-refractivity contribution in [3.63, 3.8) is 0 Å². The molecule has 3 heterocycles. The number of rotatable bonds is 3. The molecule has 21 heavy (non-hydrogen) atoms. The number of aromatic nitrogens is 3. The summed E-state index contributed by atoms with van der Waals surface area (Å²) in [6.07, 6.45) is 5.55. The molecule has 0 N–H and O–H groups in total. The molecule has 2 aromatic heterocycles. The summed E-state index contributed by atoms with van der Waals surface area (Å²) in [4.78, 5) is 13.3. The Morgan fingerprint density at radius 3 is 2.67 bits per heavy atom. The van der Waals surface area contributed by atoms with Gasteiger partial charge in [-0.1, -0.05) is 0 Å². The van der Waals surface area contributed by atoms with Crippen molar-refractivity contribution in [2.45, 2.75) is 6.54 Å². The van der Waals surface area contributed by atoms with E-state index in [9.17, 15) is 0 Å². The van der Waals surface area contributed by atoms with Crippen molar-refractivity contribution in [3.8, 4) is 6.07 Å². The Labute approximate surface area is 124 Å². The molecule has 1 aliphatic rings. The maximum atomic E-state index is 9.16. The van der Waals surface area contributed by atoms with Crippen molar-refractivity contribution in [2.75, 3.05) is 31.1 Å². The second-order valence-corrected chi connectivity index (χ2v) is 5.20. The molecule has 6 nitrogen and oxygen atoms in total. The van der Waals surface area contributed by atoms with Gasteiger partial charge in [0.15, 0.2) is 0 Å². The summed E-state index contributed by atoms with van der Waals surface area (Å²) in [5.41, 5.74) is 0.648. The minimum atomic E-state index is 0.648. The van der Waals surface area contributed by atoms with Gasteiger partial charge < -0.3 is 9.47 Å². The molecule has 0 aliphatic carbocycles. The van der Waals surface area contributed by atoms with Gasteiger partial charge in [0.1, 0.15) is 17.7 Å². The van der Waals surface area contributed by atoms with Crippen LogP contribution in [0.2, 0.25) is 0 Å². The predicted octanol–water partition coefficient (Wildman–Crippen LogP) is 1.01. The summed E-state index contributed by atoms with van der Waals surface area (Å²) in [5, 5.41) is 9.16. The fraction of sp³-hybridized carbons (Fsp3) is 0.400. The highest BCUT2D eigenvalue weighted by Crippen LogP contribution is 2.18. The lowest BCUT2D eigenvalue weighted by molar-refractivity contribution is 0.241. The molecule has 6 heteroatoms. The zero-order chi connectivity index (χ0) is 14.7. The smallest absolute Gasteiger partial charge is 0.146 e. The first-order valence-corrected chi connectivity index (χ1v) is 7.06. The molecule has 0 spiro atoms. The van der Waals surface area contributed by atoms with Crippen LogP contribution < -0.4 is 4.90 Å². The number of hydrogen-bond donors (Lipinski definition) is 0. The van der Waals surface area contributed by atoms with Crippen LogP contribution in [0.25, 0.3) is 0 Å². The zero-order valence-electron chi connectivity index (χ0n) is 12.1. The van der Waals surface area contributed by atoms with E-state index >= 15 is 0 Å². The van der Waals surface area contributed by atoms with E-state index in [4.69, 9.17) is 5.26 Å². The number of aryl methyl sites for hydroxylation is 1. The highest BCUT2D eigenvalue weighted by molar-refractivity contribution is 5.53. The largest absolute Gasteiger partial charge is 0.353 e. The second-order valence-electron chi connectivity index (χ2n) is 5.20. The van der Waals surface area contributed by atoms with Crippen LogP contribution in [0.4, 0.5) is 5.82 Å². The summed E-state index contributed by atoms with van der Waals surface area (Å²) in [6, 6.07) is 5.84. The zero-order valence-corrected chi connectivity index (χ0v) is 12.1. The lowest BCUT2D eigenvalue weighted by Crippen LogP contribution is -2.46. The standard InChI is InChI=1S/C15H18N6/c1-19-6-5-17-14(19)12-20-7-9-21(10-8-20)15-13(11-16)3-2-4-18-15/h2-6H,7-10,12H2,1H3. The number of pyridine rings is 1. The van der Waals surface area contributed by atoms with Gasteiger partial charge in [-0.05, 0) is 12.1 Å². The molecule has 1 fully saturated rings. The highest BCUT2D eigenvalue weighted by atomic mass is 15.3. The first-order chi connectivity index (χ1) is 10.3. The van der Waals surface area contributed by atoms with Crippen LogP contribution >= 0.6 is 0 Å². The summed E-state index contributed by atoms with van der Waals surface area (Å²) in [5.74, 6) is 1.88. The van der Waals surface area contributed by atoms with Crippen molar-refractivity contribution in [2.24, 2.45) is 7.05 Å². The van der Waals surface area contributed by atoms with Crippen LogP contribution in [-0.2, 0) is 13.6 Å². The molecule has 0 aromatic carbocycles. The maximum Gasteiger partial charge on any atom is 0.146 e. The first-order valence-electron chi connectivity index (χ1n) is 7.06. The minimum Gasteiger partial charge on any atom is -0.353 e. The monoisotopic (exact) mass is 282 g/mol. The summed E-state index contributed by atoms with van der Waals surface area (Å²) >= 11 is 0.